The molecule has 3 heterocycles. The molecule has 0 fully saturated rings. The number of pyridine rings is 1. The molecule has 0 saturated heterocycles. The van der Waals surface area contributed by atoms with Crippen molar-refractivity contribution in [3.8, 4) is 5.82 Å². The third-order valence-electron chi connectivity index (χ3n) is 3.19. The van der Waals surface area contributed by atoms with Crippen LogP contribution < -0.4 is 5.32 Å². The van der Waals surface area contributed by atoms with E-state index in [1.807, 2.05) is 29.1 Å². The molecule has 3 aromatic rings. The summed E-state index contributed by atoms with van der Waals surface area (Å²) in [5, 5.41) is 5.61. The van der Waals surface area contributed by atoms with Crippen LogP contribution in [-0.2, 0) is 0 Å². The molecule has 0 saturated carbocycles. The standard InChI is InChI=1S/C15H16N4S/c1-11-5-8-20-15(11)12(2)18-13-3-4-14(17-9-13)19-7-6-16-10-19/h3-10,12,18H,1-2H3. The van der Waals surface area contributed by atoms with Gasteiger partial charge in [-0.25, -0.2) is 9.97 Å². The molecule has 0 aliphatic carbocycles. The number of nitrogens with zero attached hydrogens (tertiary/aromatic N) is 3. The molecule has 5 heteroatoms. The van der Waals surface area contributed by atoms with E-state index in [4.69, 9.17) is 0 Å². The van der Waals surface area contributed by atoms with Crippen molar-refractivity contribution >= 4 is 17.0 Å². The Labute approximate surface area is 122 Å². The van der Waals surface area contributed by atoms with E-state index in [0.717, 1.165) is 11.5 Å². The lowest BCUT2D eigenvalue weighted by atomic mass is 10.2. The molecule has 4 nitrogen and oxygen atoms in total. The Bertz CT molecular complexity index is 670. The Morgan fingerprint density at radius 2 is 2.20 bits per heavy atom. The Balaban J connectivity index is 1.74. The first-order valence-corrected chi connectivity index (χ1v) is 7.37. The number of nitrogens with one attached hydrogen (secondary N) is 1. The fourth-order valence-corrected chi connectivity index (χ4v) is 3.10. The third kappa shape index (κ3) is 2.58. The summed E-state index contributed by atoms with van der Waals surface area (Å²) in [4.78, 5) is 9.83. The first-order valence-electron chi connectivity index (χ1n) is 6.49. The van der Waals surface area contributed by atoms with Gasteiger partial charge in [0.2, 0.25) is 0 Å². The van der Waals surface area contributed by atoms with Crippen LogP contribution in [0.15, 0.2) is 48.5 Å². The molecule has 3 rings (SSSR count). The van der Waals surface area contributed by atoms with Crippen LogP contribution in [0.25, 0.3) is 5.82 Å². The Morgan fingerprint density at radius 3 is 2.80 bits per heavy atom. The fraction of sp³-hybridized carbons (Fsp3) is 0.200. The van der Waals surface area contributed by atoms with E-state index in [0.29, 0.717) is 0 Å². The average molecular weight is 284 g/mol. The van der Waals surface area contributed by atoms with Gasteiger partial charge in [0.25, 0.3) is 0 Å². The summed E-state index contributed by atoms with van der Waals surface area (Å²) < 4.78 is 1.89. The summed E-state index contributed by atoms with van der Waals surface area (Å²) in [6.45, 7) is 4.31. The number of aryl methyl sites for hydroxylation is 1. The Kier molecular flexibility index (Phi) is 3.52. The normalized spacial score (nSPS) is 12.3. The van der Waals surface area contributed by atoms with Crippen LogP contribution in [0, 0.1) is 6.92 Å². The van der Waals surface area contributed by atoms with E-state index in [1.165, 1.54) is 10.4 Å². The van der Waals surface area contributed by atoms with E-state index in [1.54, 1.807) is 23.9 Å². The van der Waals surface area contributed by atoms with Crippen LogP contribution in [-0.4, -0.2) is 14.5 Å². The predicted octanol–water partition coefficient (Wildman–Crippen LogP) is 3.81. The SMILES string of the molecule is Cc1ccsc1C(C)Nc1ccc(-n2ccnc2)nc1. The number of thiophene rings is 1. The smallest absolute Gasteiger partial charge is 0.137 e. The highest BCUT2D eigenvalue weighted by atomic mass is 32.1. The molecule has 1 unspecified atom stereocenters. The van der Waals surface area contributed by atoms with Gasteiger partial charge < -0.3 is 5.32 Å². The number of rotatable bonds is 4. The van der Waals surface area contributed by atoms with E-state index in [2.05, 4.69) is 40.6 Å². The number of anilines is 1. The zero-order valence-electron chi connectivity index (χ0n) is 11.4. The van der Waals surface area contributed by atoms with Crippen LogP contribution in [0.3, 0.4) is 0 Å². The van der Waals surface area contributed by atoms with E-state index in [9.17, 15) is 0 Å². The number of imidazole rings is 1. The van der Waals surface area contributed by atoms with Crippen LogP contribution in [0.5, 0.6) is 0 Å². The summed E-state index contributed by atoms with van der Waals surface area (Å²) in [5.74, 6) is 0.869. The van der Waals surface area contributed by atoms with E-state index in [-0.39, 0.29) is 6.04 Å². The van der Waals surface area contributed by atoms with Gasteiger partial charge in [0.1, 0.15) is 12.1 Å². The molecule has 102 valence electrons. The molecule has 3 aromatic heterocycles. The molecule has 0 aliphatic rings. The lowest BCUT2D eigenvalue weighted by molar-refractivity contribution is 0.894. The van der Waals surface area contributed by atoms with E-state index < -0.39 is 0 Å². The maximum atomic E-state index is 4.44. The second-order valence-corrected chi connectivity index (χ2v) is 5.66. The summed E-state index contributed by atoms with van der Waals surface area (Å²) in [6, 6.07) is 6.47. The highest BCUT2D eigenvalue weighted by Crippen LogP contribution is 2.26. The topological polar surface area (TPSA) is 42.7 Å². The molecule has 1 N–H and O–H groups in total. The van der Waals surface area contributed by atoms with Gasteiger partial charge in [-0.15, -0.1) is 11.3 Å². The van der Waals surface area contributed by atoms with Gasteiger partial charge in [-0.2, -0.15) is 0 Å². The molecule has 0 radical (unpaired) electrons. The van der Waals surface area contributed by atoms with Gasteiger partial charge in [-0.1, -0.05) is 0 Å². The second-order valence-electron chi connectivity index (χ2n) is 4.71. The van der Waals surface area contributed by atoms with Crippen LogP contribution in [0.4, 0.5) is 5.69 Å². The van der Waals surface area contributed by atoms with Gasteiger partial charge in [0, 0.05) is 17.3 Å². The van der Waals surface area contributed by atoms with Crippen molar-refractivity contribution in [2.24, 2.45) is 0 Å². The van der Waals surface area contributed by atoms with Gasteiger partial charge in [-0.3, -0.25) is 4.57 Å². The highest BCUT2D eigenvalue weighted by Gasteiger charge is 2.09. The summed E-state index contributed by atoms with van der Waals surface area (Å²) in [6.07, 6.45) is 7.23. The zero-order valence-corrected chi connectivity index (χ0v) is 12.3. The molecule has 0 aliphatic heterocycles. The van der Waals surface area contributed by atoms with Gasteiger partial charge in [0.05, 0.1) is 17.9 Å². The van der Waals surface area contributed by atoms with Gasteiger partial charge >= 0.3 is 0 Å². The summed E-state index contributed by atoms with van der Waals surface area (Å²) in [5.41, 5.74) is 2.35. The van der Waals surface area contributed by atoms with E-state index >= 15 is 0 Å². The van der Waals surface area contributed by atoms with Crippen molar-refractivity contribution in [1.29, 1.82) is 0 Å². The van der Waals surface area contributed by atoms with Crippen LogP contribution in [0.2, 0.25) is 0 Å². The minimum Gasteiger partial charge on any atom is -0.376 e. The van der Waals surface area contributed by atoms with Crippen molar-refractivity contribution in [3.05, 3.63) is 58.9 Å². The first-order chi connectivity index (χ1) is 9.74. The third-order valence-corrected chi connectivity index (χ3v) is 4.40. The van der Waals surface area contributed by atoms with Crippen molar-refractivity contribution in [2.75, 3.05) is 5.32 Å². The fourth-order valence-electron chi connectivity index (χ4n) is 2.16. The lowest BCUT2D eigenvalue weighted by Crippen LogP contribution is -2.06. The minimum absolute atomic E-state index is 0.288. The minimum atomic E-state index is 0.288. The molecule has 0 aromatic carbocycles. The van der Waals surface area contributed by atoms with Crippen molar-refractivity contribution in [1.82, 2.24) is 14.5 Å². The molecule has 20 heavy (non-hydrogen) atoms. The Hall–Kier alpha value is -2.14. The number of hydrogen-bond donors (Lipinski definition) is 1. The monoisotopic (exact) mass is 284 g/mol. The first kappa shape index (κ1) is 12.9. The second kappa shape index (κ2) is 5.46. The summed E-state index contributed by atoms with van der Waals surface area (Å²) in [7, 11) is 0. The van der Waals surface area contributed by atoms with Gasteiger partial charge in [-0.05, 0) is 43.0 Å². The Morgan fingerprint density at radius 1 is 1.30 bits per heavy atom. The quantitative estimate of drug-likeness (QED) is 0.792. The van der Waals surface area contributed by atoms with Crippen molar-refractivity contribution in [2.45, 2.75) is 19.9 Å². The van der Waals surface area contributed by atoms with Crippen LogP contribution >= 0.6 is 11.3 Å². The molecule has 0 spiro atoms. The largest absolute Gasteiger partial charge is 0.376 e. The number of hydrogen-bond acceptors (Lipinski definition) is 4. The maximum absolute atomic E-state index is 4.44. The highest BCUT2D eigenvalue weighted by molar-refractivity contribution is 7.10. The average Bonchev–Trinajstić information content (AvgIpc) is 3.10. The molecule has 1 atom stereocenters. The molecule has 0 bridgehead atoms. The predicted molar refractivity (Wildman–Crippen MR) is 82.5 cm³/mol. The zero-order chi connectivity index (χ0) is 13.9. The lowest BCUT2D eigenvalue weighted by Gasteiger charge is -2.15. The van der Waals surface area contributed by atoms with Gasteiger partial charge in [0.15, 0.2) is 0 Å². The molecular weight excluding hydrogens is 268 g/mol. The molecular formula is C15H16N4S. The maximum Gasteiger partial charge on any atom is 0.137 e. The van der Waals surface area contributed by atoms with Crippen LogP contribution in [0.1, 0.15) is 23.4 Å². The van der Waals surface area contributed by atoms with Crippen molar-refractivity contribution in [3.63, 3.8) is 0 Å². The number of aromatic nitrogens is 3. The molecule has 0 amide bonds. The van der Waals surface area contributed by atoms with Crippen molar-refractivity contribution < 1.29 is 0 Å². The summed E-state index contributed by atoms with van der Waals surface area (Å²) >= 11 is 1.78.